The largest absolute Gasteiger partial charge is 0.370 e. The van der Waals surface area contributed by atoms with Gasteiger partial charge in [-0.1, -0.05) is 13.8 Å². The van der Waals surface area contributed by atoms with Crippen molar-refractivity contribution in [2.75, 3.05) is 0 Å². The summed E-state index contributed by atoms with van der Waals surface area (Å²) in [6.45, 7) is 4.04. The lowest BCUT2D eigenvalue weighted by Crippen LogP contribution is -2.16. The lowest BCUT2D eigenvalue weighted by atomic mass is 9.95. The summed E-state index contributed by atoms with van der Waals surface area (Å²) >= 11 is 0. The molecule has 3 heteroatoms. The van der Waals surface area contributed by atoms with Gasteiger partial charge in [0.15, 0.2) is 0 Å². The second kappa shape index (κ2) is 4.73. The Balaban J connectivity index is 3.79. The number of hydrogen-bond donors (Lipinski definition) is 1. The van der Waals surface area contributed by atoms with Crippen molar-refractivity contribution < 1.29 is 4.79 Å². The zero-order valence-corrected chi connectivity index (χ0v) is 7.00. The van der Waals surface area contributed by atoms with Crippen LogP contribution in [0.25, 0.3) is 0 Å². The van der Waals surface area contributed by atoms with Crippen molar-refractivity contribution in [3.63, 3.8) is 0 Å². The van der Waals surface area contributed by atoms with E-state index in [2.05, 4.69) is 6.07 Å². The molecule has 0 heterocycles. The van der Waals surface area contributed by atoms with Gasteiger partial charge < -0.3 is 5.73 Å². The molecular weight excluding hydrogens is 140 g/mol. The maximum Gasteiger partial charge on any atom is 0.218 e. The van der Waals surface area contributed by atoms with Crippen molar-refractivity contribution in [1.82, 2.24) is 0 Å². The van der Waals surface area contributed by atoms with Crippen LogP contribution < -0.4 is 5.73 Å². The highest BCUT2D eigenvalue weighted by Crippen LogP contribution is 2.13. The average molecular weight is 154 g/mol. The summed E-state index contributed by atoms with van der Waals surface area (Å²) in [6.07, 6.45) is 0.939. The molecule has 2 N–H and O–H groups in total. The molecule has 0 aromatic heterocycles. The summed E-state index contributed by atoms with van der Waals surface area (Å²) in [5.74, 6) is -0.149. The Hall–Kier alpha value is -1.04. The van der Waals surface area contributed by atoms with Crippen molar-refractivity contribution in [3.8, 4) is 6.07 Å². The number of carbonyl (C=O) groups is 1. The summed E-state index contributed by atoms with van der Waals surface area (Å²) < 4.78 is 0. The molecule has 0 rings (SSSR count). The fraction of sp³-hybridized carbons (Fsp3) is 0.750. The van der Waals surface area contributed by atoms with Gasteiger partial charge >= 0.3 is 0 Å². The molecule has 0 bridgehead atoms. The third-order valence-corrected chi connectivity index (χ3v) is 1.39. The third-order valence-electron chi connectivity index (χ3n) is 1.39. The van der Waals surface area contributed by atoms with E-state index in [0.29, 0.717) is 5.92 Å². The Bertz CT molecular complexity index is 169. The van der Waals surface area contributed by atoms with Gasteiger partial charge in [-0.25, -0.2) is 0 Å². The first kappa shape index (κ1) is 9.96. The fourth-order valence-electron chi connectivity index (χ4n) is 0.994. The molecule has 0 fully saturated rings. The van der Waals surface area contributed by atoms with E-state index < -0.39 is 5.91 Å². The fourth-order valence-corrected chi connectivity index (χ4v) is 0.994. The summed E-state index contributed by atoms with van der Waals surface area (Å²) in [5, 5.41) is 8.57. The molecular formula is C8H14N2O. The Morgan fingerprint density at radius 3 is 2.45 bits per heavy atom. The second-order valence-electron chi connectivity index (χ2n) is 3.13. The second-order valence-corrected chi connectivity index (χ2v) is 3.13. The number of nitrogens with two attached hydrogens (primary N) is 1. The Morgan fingerprint density at radius 2 is 2.18 bits per heavy atom. The summed E-state index contributed by atoms with van der Waals surface area (Å²) in [7, 11) is 0. The van der Waals surface area contributed by atoms with Crippen LogP contribution in [-0.2, 0) is 4.79 Å². The van der Waals surface area contributed by atoms with Crippen LogP contribution in [0.2, 0.25) is 0 Å². The zero-order chi connectivity index (χ0) is 8.85. The lowest BCUT2D eigenvalue weighted by Gasteiger charge is -2.08. The van der Waals surface area contributed by atoms with E-state index in [1.807, 2.05) is 13.8 Å². The van der Waals surface area contributed by atoms with Crippen LogP contribution in [0.3, 0.4) is 0 Å². The molecule has 0 radical (unpaired) electrons. The molecule has 0 aromatic rings. The van der Waals surface area contributed by atoms with Crippen LogP contribution in [0.15, 0.2) is 0 Å². The molecule has 1 amide bonds. The first-order valence-electron chi connectivity index (χ1n) is 3.74. The van der Waals surface area contributed by atoms with E-state index in [1.54, 1.807) is 0 Å². The number of primary amides is 1. The number of rotatable bonds is 4. The molecule has 11 heavy (non-hydrogen) atoms. The minimum absolute atomic E-state index is 0.189. The van der Waals surface area contributed by atoms with Gasteiger partial charge in [-0.05, 0) is 12.3 Å². The van der Waals surface area contributed by atoms with Crippen LogP contribution >= 0.6 is 0 Å². The summed E-state index contributed by atoms with van der Waals surface area (Å²) in [5.41, 5.74) is 4.95. The first-order valence-corrected chi connectivity index (χ1v) is 3.74. The molecule has 0 aliphatic carbocycles. The lowest BCUT2D eigenvalue weighted by molar-refractivity contribution is -0.118. The molecule has 3 nitrogen and oxygen atoms in total. The standard InChI is InChI=1S/C8H14N2O/c1-6(2)3-7(5-9)4-8(10)11/h6-7H,3-4H2,1-2H3,(H2,10,11)/t7-/m0/s1. The smallest absolute Gasteiger partial charge is 0.218 e. The van der Waals surface area contributed by atoms with E-state index in [0.717, 1.165) is 6.42 Å². The number of hydrogen-bond acceptors (Lipinski definition) is 2. The van der Waals surface area contributed by atoms with Crippen LogP contribution in [-0.4, -0.2) is 5.91 Å². The van der Waals surface area contributed by atoms with E-state index in [1.165, 1.54) is 0 Å². The molecule has 0 aliphatic heterocycles. The van der Waals surface area contributed by atoms with Crippen molar-refractivity contribution in [2.24, 2.45) is 17.6 Å². The van der Waals surface area contributed by atoms with Gasteiger partial charge in [-0.15, -0.1) is 0 Å². The van der Waals surface area contributed by atoms with Crippen LogP contribution in [0, 0.1) is 23.2 Å². The van der Waals surface area contributed by atoms with Crippen molar-refractivity contribution in [1.29, 1.82) is 5.26 Å². The van der Waals surface area contributed by atoms with Gasteiger partial charge in [-0.2, -0.15) is 5.26 Å². The van der Waals surface area contributed by atoms with Gasteiger partial charge in [-0.3, -0.25) is 4.79 Å². The van der Waals surface area contributed by atoms with E-state index in [4.69, 9.17) is 11.0 Å². The molecule has 0 aromatic carbocycles. The van der Waals surface area contributed by atoms with Crippen molar-refractivity contribution in [2.45, 2.75) is 26.7 Å². The molecule has 0 aliphatic rings. The maximum absolute atomic E-state index is 10.4. The molecule has 0 unspecified atom stereocenters. The maximum atomic E-state index is 10.4. The van der Waals surface area contributed by atoms with E-state index in [-0.39, 0.29) is 12.3 Å². The Kier molecular flexibility index (Phi) is 4.28. The number of amides is 1. The topological polar surface area (TPSA) is 66.9 Å². The first-order chi connectivity index (χ1) is 5.06. The molecule has 0 saturated carbocycles. The minimum atomic E-state index is -0.391. The predicted molar refractivity (Wildman–Crippen MR) is 42.4 cm³/mol. The number of nitriles is 1. The number of nitrogens with zero attached hydrogens (tertiary/aromatic N) is 1. The molecule has 0 spiro atoms. The summed E-state index contributed by atoms with van der Waals surface area (Å²) in [6, 6.07) is 2.06. The van der Waals surface area contributed by atoms with E-state index in [9.17, 15) is 4.79 Å². The normalized spacial score (nSPS) is 12.5. The Labute approximate surface area is 67.2 Å². The van der Waals surface area contributed by atoms with Gasteiger partial charge in [0.1, 0.15) is 0 Å². The highest BCUT2D eigenvalue weighted by molar-refractivity contribution is 5.74. The SMILES string of the molecule is CC(C)C[C@H](C#N)CC(N)=O. The van der Waals surface area contributed by atoms with E-state index >= 15 is 0 Å². The average Bonchev–Trinajstić information content (AvgIpc) is 1.84. The van der Waals surface area contributed by atoms with Gasteiger partial charge in [0.05, 0.1) is 12.0 Å². The molecule has 1 atom stereocenters. The van der Waals surface area contributed by atoms with Gasteiger partial charge in [0.2, 0.25) is 5.91 Å². The van der Waals surface area contributed by atoms with Gasteiger partial charge in [0.25, 0.3) is 0 Å². The van der Waals surface area contributed by atoms with Crippen LogP contribution in [0.4, 0.5) is 0 Å². The molecule has 62 valence electrons. The third kappa shape index (κ3) is 5.41. The highest BCUT2D eigenvalue weighted by atomic mass is 16.1. The predicted octanol–water partition coefficient (Wildman–Crippen LogP) is 1.05. The Morgan fingerprint density at radius 1 is 1.64 bits per heavy atom. The monoisotopic (exact) mass is 154 g/mol. The van der Waals surface area contributed by atoms with Crippen molar-refractivity contribution in [3.05, 3.63) is 0 Å². The highest BCUT2D eigenvalue weighted by Gasteiger charge is 2.11. The van der Waals surface area contributed by atoms with Crippen LogP contribution in [0.5, 0.6) is 0 Å². The van der Waals surface area contributed by atoms with Crippen molar-refractivity contribution >= 4 is 5.91 Å². The zero-order valence-electron chi connectivity index (χ0n) is 7.00. The van der Waals surface area contributed by atoms with Crippen LogP contribution in [0.1, 0.15) is 26.7 Å². The minimum Gasteiger partial charge on any atom is -0.370 e. The summed E-state index contributed by atoms with van der Waals surface area (Å²) in [4.78, 5) is 10.4. The molecule has 0 saturated heterocycles. The number of carbonyl (C=O) groups excluding carboxylic acids is 1. The van der Waals surface area contributed by atoms with Gasteiger partial charge in [0, 0.05) is 6.42 Å². The quantitative estimate of drug-likeness (QED) is 0.657.